The van der Waals surface area contributed by atoms with Crippen molar-refractivity contribution in [2.75, 3.05) is 26.2 Å². The van der Waals surface area contributed by atoms with Crippen molar-refractivity contribution in [1.29, 1.82) is 0 Å². The molecule has 0 saturated carbocycles. The van der Waals surface area contributed by atoms with Gasteiger partial charge in [0.25, 0.3) is 0 Å². The summed E-state index contributed by atoms with van der Waals surface area (Å²) < 4.78 is 5.73. The summed E-state index contributed by atoms with van der Waals surface area (Å²) in [6, 6.07) is 0. The molecular weight excluding hydrogens is 230 g/mol. The minimum atomic E-state index is -0.882. The van der Waals surface area contributed by atoms with E-state index in [1.165, 1.54) is 0 Å². The Morgan fingerprint density at radius 2 is 2.28 bits per heavy atom. The van der Waals surface area contributed by atoms with Crippen LogP contribution < -0.4 is 11.5 Å². The van der Waals surface area contributed by atoms with Crippen molar-refractivity contribution in [1.82, 2.24) is 4.90 Å². The summed E-state index contributed by atoms with van der Waals surface area (Å²) in [5.41, 5.74) is 10.2. The maximum Gasteiger partial charge on any atom is 0.237 e. The molecule has 1 heterocycles. The van der Waals surface area contributed by atoms with E-state index in [9.17, 15) is 4.79 Å². The van der Waals surface area contributed by atoms with Crippen molar-refractivity contribution in [2.45, 2.75) is 51.2 Å². The van der Waals surface area contributed by atoms with Crippen LogP contribution in [0.15, 0.2) is 0 Å². The van der Waals surface area contributed by atoms with Gasteiger partial charge in [0.05, 0.1) is 11.6 Å². The van der Waals surface area contributed by atoms with Gasteiger partial charge < -0.3 is 21.1 Å². The standard InChI is InChI=1S/C13H27N3O2/c1-3-11-10-16(8-5-9-18-11)7-4-6-13(2,15)12(14)17/h11H,3-10,15H2,1-2H3,(H2,14,17). The molecule has 5 nitrogen and oxygen atoms in total. The van der Waals surface area contributed by atoms with E-state index in [1.54, 1.807) is 6.92 Å². The predicted molar refractivity (Wildman–Crippen MR) is 72.1 cm³/mol. The zero-order valence-corrected chi connectivity index (χ0v) is 11.7. The SMILES string of the molecule is CCC1CN(CCCC(C)(N)C(N)=O)CCCO1. The lowest BCUT2D eigenvalue weighted by atomic mass is 9.96. The summed E-state index contributed by atoms with van der Waals surface area (Å²) in [5.74, 6) is -0.423. The van der Waals surface area contributed by atoms with Crippen LogP contribution in [0.25, 0.3) is 0 Å². The molecule has 1 amide bonds. The fourth-order valence-corrected chi connectivity index (χ4v) is 2.21. The van der Waals surface area contributed by atoms with Crippen molar-refractivity contribution in [3.05, 3.63) is 0 Å². The van der Waals surface area contributed by atoms with Crippen LogP contribution in [-0.4, -0.2) is 48.7 Å². The Bertz CT molecular complexity index is 269. The number of nitrogens with zero attached hydrogens (tertiary/aromatic N) is 1. The summed E-state index contributed by atoms with van der Waals surface area (Å²) in [6.07, 6.45) is 3.99. The van der Waals surface area contributed by atoms with Gasteiger partial charge in [-0.25, -0.2) is 0 Å². The number of amides is 1. The first-order chi connectivity index (χ1) is 8.45. The Labute approximate surface area is 110 Å². The molecule has 0 aromatic carbocycles. The third kappa shape index (κ3) is 4.92. The van der Waals surface area contributed by atoms with E-state index in [-0.39, 0.29) is 0 Å². The van der Waals surface area contributed by atoms with Crippen LogP contribution in [0, 0.1) is 0 Å². The molecule has 4 N–H and O–H groups in total. The topological polar surface area (TPSA) is 81.6 Å². The van der Waals surface area contributed by atoms with E-state index in [0.717, 1.165) is 45.5 Å². The fourth-order valence-electron chi connectivity index (χ4n) is 2.21. The first-order valence-electron chi connectivity index (χ1n) is 6.88. The second-order valence-corrected chi connectivity index (χ2v) is 5.44. The molecule has 1 saturated heterocycles. The highest BCUT2D eigenvalue weighted by molar-refractivity contribution is 5.83. The smallest absolute Gasteiger partial charge is 0.237 e. The molecule has 2 unspecified atom stereocenters. The van der Waals surface area contributed by atoms with Gasteiger partial charge in [-0.2, -0.15) is 0 Å². The van der Waals surface area contributed by atoms with Gasteiger partial charge in [0, 0.05) is 19.7 Å². The highest BCUT2D eigenvalue weighted by Crippen LogP contribution is 2.12. The van der Waals surface area contributed by atoms with E-state index in [0.29, 0.717) is 12.5 Å². The van der Waals surface area contributed by atoms with Crippen molar-refractivity contribution in [3.8, 4) is 0 Å². The molecule has 1 rings (SSSR count). The third-order valence-electron chi connectivity index (χ3n) is 3.62. The van der Waals surface area contributed by atoms with Crippen molar-refractivity contribution >= 4 is 5.91 Å². The van der Waals surface area contributed by atoms with E-state index in [2.05, 4.69) is 11.8 Å². The normalized spacial score (nSPS) is 25.4. The molecule has 0 aromatic rings. The maximum absolute atomic E-state index is 11.1. The van der Waals surface area contributed by atoms with Gasteiger partial charge in [-0.15, -0.1) is 0 Å². The van der Waals surface area contributed by atoms with Crippen LogP contribution in [0.2, 0.25) is 0 Å². The molecule has 1 aliphatic rings. The summed E-state index contributed by atoms with van der Waals surface area (Å²) in [5, 5.41) is 0. The first-order valence-corrected chi connectivity index (χ1v) is 6.88. The Hall–Kier alpha value is -0.650. The zero-order chi connectivity index (χ0) is 13.6. The second-order valence-electron chi connectivity index (χ2n) is 5.44. The number of nitrogens with two attached hydrogens (primary N) is 2. The lowest BCUT2D eigenvalue weighted by Gasteiger charge is -2.25. The van der Waals surface area contributed by atoms with Gasteiger partial charge in [0.15, 0.2) is 0 Å². The van der Waals surface area contributed by atoms with Crippen LogP contribution in [0.1, 0.15) is 39.5 Å². The molecule has 5 heteroatoms. The van der Waals surface area contributed by atoms with Crippen LogP contribution in [-0.2, 0) is 9.53 Å². The highest BCUT2D eigenvalue weighted by Gasteiger charge is 2.25. The minimum absolute atomic E-state index is 0.341. The molecule has 1 aliphatic heterocycles. The third-order valence-corrected chi connectivity index (χ3v) is 3.62. The highest BCUT2D eigenvalue weighted by atomic mass is 16.5. The van der Waals surface area contributed by atoms with Crippen LogP contribution >= 0.6 is 0 Å². The van der Waals surface area contributed by atoms with E-state index in [1.807, 2.05) is 0 Å². The molecule has 106 valence electrons. The van der Waals surface area contributed by atoms with Crippen molar-refractivity contribution in [3.63, 3.8) is 0 Å². The molecule has 0 radical (unpaired) electrons. The number of ether oxygens (including phenoxy) is 1. The predicted octanol–water partition coefficient (Wildman–Crippen LogP) is 0.470. The Morgan fingerprint density at radius 1 is 1.56 bits per heavy atom. The lowest BCUT2D eigenvalue weighted by Crippen LogP contribution is -2.49. The molecule has 2 atom stereocenters. The second kappa shape index (κ2) is 7.07. The van der Waals surface area contributed by atoms with Gasteiger partial charge in [0.2, 0.25) is 5.91 Å². The molecule has 1 fully saturated rings. The number of hydrogen-bond donors (Lipinski definition) is 2. The molecule has 0 aliphatic carbocycles. The summed E-state index contributed by atoms with van der Waals surface area (Å²) in [7, 11) is 0. The molecule has 0 spiro atoms. The Balaban J connectivity index is 2.31. The molecule has 18 heavy (non-hydrogen) atoms. The van der Waals surface area contributed by atoms with Crippen LogP contribution in [0.4, 0.5) is 0 Å². The summed E-state index contributed by atoms with van der Waals surface area (Å²) in [4.78, 5) is 13.5. The van der Waals surface area contributed by atoms with Gasteiger partial charge in [-0.1, -0.05) is 6.92 Å². The monoisotopic (exact) mass is 257 g/mol. The number of hydrogen-bond acceptors (Lipinski definition) is 4. The number of carbonyl (C=O) groups excluding carboxylic acids is 1. The van der Waals surface area contributed by atoms with E-state index < -0.39 is 11.4 Å². The van der Waals surface area contributed by atoms with Gasteiger partial charge in [0.1, 0.15) is 0 Å². The lowest BCUT2D eigenvalue weighted by molar-refractivity contribution is -0.122. The average Bonchev–Trinajstić information content (AvgIpc) is 2.53. The van der Waals surface area contributed by atoms with Crippen LogP contribution in [0.3, 0.4) is 0 Å². The number of primary amides is 1. The fraction of sp³-hybridized carbons (Fsp3) is 0.923. The van der Waals surface area contributed by atoms with Crippen molar-refractivity contribution in [2.24, 2.45) is 11.5 Å². The van der Waals surface area contributed by atoms with Gasteiger partial charge in [-0.3, -0.25) is 4.79 Å². The molecule has 0 aromatic heterocycles. The molecular formula is C13H27N3O2. The van der Waals surface area contributed by atoms with Crippen LogP contribution in [0.5, 0.6) is 0 Å². The summed E-state index contributed by atoms with van der Waals surface area (Å²) >= 11 is 0. The van der Waals surface area contributed by atoms with E-state index >= 15 is 0 Å². The van der Waals surface area contributed by atoms with Crippen molar-refractivity contribution < 1.29 is 9.53 Å². The average molecular weight is 257 g/mol. The van der Waals surface area contributed by atoms with E-state index in [4.69, 9.17) is 16.2 Å². The molecule has 0 bridgehead atoms. The maximum atomic E-state index is 11.1. The number of carbonyl (C=O) groups is 1. The van der Waals surface area contributed by atoms with Gasteiger partial charge in [-0.05, 0) is 39.2 Å². The minimum Gasteiger partial charge on any atom is -0.377 e. The Kier molecular flexibility index (Phi) is 6.05. The first kappa shape index (κ1) is 15.4. The quantitative estimate of drug-likeness (QED) is 0.725. The summed E-state index contributed by atoms with van der Waals surface area (Å²) in [6.45, 7) is 7.71. The Morgan fingerprint density at radius 3 is 2.89 bits per heavy atom. The largest absolute Gasteiger partial charge is 0.377 e. The number of rotatable bonds is 6. The zero-order valence-electron chi connectivity index (χ0n) is 11.7. The van der Waals surface area contributed by atoms with Gasteiger partial charge >= 0.3 is 0 Å².